The van der Waals surface area contributed by atoms with Gasteiger partial charge in [-0.2, -0.15) is 0 Å². The Morgan fingerprint density at radius 2 is 1.89 bits per heavy atom. The molecule has 4 rings (SSSR count). The molecule has 4 aromatic rings. The summed E-state index contributed by atoms with van der Waals surface area (Å²) in [6, 6.07) is 10.5. The lowest BCUT2D eigenvalue weighted by Crippen LogP contribution is -2.15. The van der Waals surface area contributed by atoms with Crippen LogP contribution in [-0.2, 0) is 20.5 Å². The van der Waals surface area contributed by atoms with Crippen molar-refractivity contribution in [2.75, 3.05) is 6.61 Å². The summed E-state index contributed by atoms with van der Waals surface area (Å²) in [7, 11) is -3.69. The van der Waals surface area contributed by atoms with Crippen LogP contribution in [0.4, 0.5) is 0 Å². The van der Waals surface area contributed by atoms with Gasteiger partial charge in [0.15, 0.2) is 17.0 Å². The molecule has 0 aliphatic carbocycles. The molecule has 0 saturated heterocycles. The highest BCUT2D eigenvalue weighted by Crippen LogP contribution is 2.21. The van der Waals surface area contributed by atoms with Gasteiger partial charge in [-0.05, 0) is 18.6 Å². The van der Waals surface area contributed by atoms with Gasteiger partial charge in [-0.1, -0.05) is 30.3 Å². The summed E-state index contributed by atoms with van der Waals surface area (Å²) in [5.41, 5.74) is 2.02. The van der Waals surface area contributed by atoms with Gasteiger partial charge >= 0.3 is 5.97 Å². The fraction of sp³-hybridized carbons (Fsp3) is 0.167. The van der Waals surface area contributed by atoms with Crippen LogP contribution in [-0.4, -0.2) is 39.3 Å². The van der Waals surface area contributed by atoms with Crippen LogP contribution in [0.1, 0.15) is 23.0 Å². The number of imidazole rings is 1. The van der Waals surface area contributed by atoms with Crippen molar-refractivity contribution in [3.05, 3.63) is 66.2 Å². The molecule has 27 heavy (non-hydrogen) atoms. The molecule has 3 aromatic heterocycles. The Morgan fingerprint density at radius 3 is 2.63 bits per heavy atom. The Labute approximate surface area is 155 Å². The number of carbonyl (C=O) groups excluding carboxylic acids is 1. The molecule has 138 valence electrons. The van der Waals surface area contributed by atoms with Crippen LogP contribution in [0.2, 0.25) is 0 Å². The number of ether oxygens (including phenoxy) is 1. The van der Waals surface area contributed by atoms with E-state index in [2.05, 4.69) is 9.97 Å². The van der Waals surface area contributed by atoms with E-state index in [4.69, 9.17) is 4.74 Å². The van der Waals surface area contributed by atoms with Gasteiger partial charge in [0.25, 0.3) is 0 Å². The molecule has 1 aromatic carbocycles. The van der Waals surface area contributed by atoms with Crippen LogP contribution >= 0.6 is 0 Å². The maximum absolute atomic E-state index is 12.9. The van der Waals surface area contributed by atoms with E-state index in [1.165, 1.54) is 18.6 Å². The molecule has 0 aliphatic heterocycles. The van der Waals surface area contributed by atoms with Gasteiger partial charge in [0.1, 0.15) is 0 Å². The van der Waals surface area contributed by atoms with Crippen LogP contribution < -0.4 is 0 Å². The van der Waals surface area contributed by atoms with Gasteiger partial charge in [-0.25, -0.2) is 27.2 Å². The molecule has 3 heterocycles. The lowest BCUT2D eigenvalue weighted by molar-refractivity contribution is 0.0518. The predicted molar refractivity (Wildman–Crippen MR) is 98.9 cm³/mol. The molecule has 0 bridgehead atoms. The summed E-state index contributed by atoms with van der Waals surface area (Å²) in [6.07, 6.45) is 4.26. The first-order valence-electron chi connectivity index (χ1n) is 8.29. The van der Waals surface area contributed by atoms with Crippen LogP contribution in [0, 0.1) is 0 Å². The summed E-state index contributed by atoms with van der Waals surface area (Å²) in [6.45, 7) is 1.94. The fourth-order valence-electron chi connectivity index (χ4n) is 2.95. The topological polar surface area (TPSA) is 95.6 Å². The average molecular weight is 384 g/mol. The van der Waals surface area contributed by atoms with Crippen LogP contribution in [0.5, 0.6) is 0 Å². The lowest BCUT2D eigenvalue weighted by Gasteiger charge is -2.08. The SMILES string of the molecule is CCOC(=O)c1cnc2cnc3c(ccn3S(=O)(=O)Cc3ccccc3)n12. The highest BCUT2D eigenvalue weighted by atomic mass is 32.2. The third-order valence-corrected chi connectivity index (χ3v) is 5.71. The largest absolute Gasteiger partial charge is 0.461 e. The van der Waals surface area contributed by atoms with E-state index in [9.17, 15) is 13.2 Å². The van der Waals surface area contributed by atoms with Gasteiger partial charge in [-0.3, -0.25) is 4.40 Å². The molecular weight excluding hydrogens is 368 g/mol. The molecule has 0 unspecified atom stereocenters. The number of fused-ring (bicyclic) bond motifs is 3. The minimum absolute atomic E-state index is 0.161. The van der Waals surface area contributed by atoms with Gasteiger partial charge in [0.05, 0.1) is 30.3 Å². The van der Waals surface area contributed by atoms with Crippen molar-refractivity contribution in [1.29, 1.82) is 0 Å². The van der Waals surface area contributed by atoms with Crippen molar-refractivity contribution in [2.45, 2.75) is 12.7 Å². The first-order valence-corrected chi connectivity index (χ1v) is 9.90. The molecule has 0 fully saturated rings. The summed E-state index contributed by atoms with van der Waals surface area (Å²) in [4.78, 5) is 20.6. The Kier molecular flexibility index (Phi) is 4.15. The summed E-state index contributed by atoms with van der Waals surface area (Å²) in [5.74, 6) is -0.691. The molecule has 0 spiro atoms. The Hall–Kier alpha value is -3.20. The number of hydrogen-bond donors (Lipinski definition) is 0. The second kappa shape index (κ2) is 6.51. The maximum atomic E-state index is 12.9. The zero-order valence-electron chi connectivity index (χ0n) is 14.4. The Morgan fingerprint density at radius 1 is 1.11 bits per heavy atom. The number of carbonyl (C=O) groups is 1. The van der Waals surface area contributed by atoms with Crippen LogP contribution in [0.3, 0.4) is 0 Å². The smallest absolute Gasteiger partial charge is 0.356 e. The second-order valence-electron chi connectivity index (χ2n) is 5.88. The molecule has 0 aliphatic rings. The van der Waals surface area contributed by atoms with Crippen LogP contribution in [0.15, 0.2) is 55.0 Å². The summed E-state index contributed by atoms with van der Waals surface area (Å²) >= 11 is 0. The van der Waals surface area contributed by atoms with E-state index < -0.39 is 16.0 Å². The van der Waals surface area contributed by atoms with Gasteiger partial charge in [0.2, 0.25) is 10.0 Å². The van der Waals surface area contributed by atoms with Crippen molar-refractivity contribution in [2.24, 2.45) is 0 Å². The second-order valence-corrected chi connectivity index (χ2v) is 7.72. The summed E-state index contributed by atoms with van der Waals surface area (Å²) in [5, 5.41) is 0. The molecule has 9 heteroatoms. The summed E-state index contributed by atoms with van der Waals surface area (Å²) < 4.78 is 33.5. The molecule has 0 amide bonds. The first kappa shape index (κ1) is 17.2. The van der Waals surface area contributed by atoms with E-state index in [0.29, 0.717) is 16.7 Å². The van der Waals surface area contributed by atoms with Gasteiger partial charge < -0.3 is 4.74 Å². The number of aromatic nitrogens is 4. The third kappa shape index (κ3) is 2.95. The molecular formula is C18H16N4O4S. The number of rotatable bonds is 5. The van der Waals surface area contributed by atoms with E-state index in [-0.39, 0.29) is 23.7 Å². The molecule has 8 nitrogen and oxygen atoms in total. The van der Waals surface area contributed by atoms with Crippen molar-refractivity contribution in [3.63, 3.8) is 0 Å². The highest BCUT2D eigenvalue weighted by Gasteiger charge is 2.21. The van der Waals surface area contributed by atoms with Gasteiger partial charge in [-0.15, -0.1) is 0 Å². The average Bonchev–Trinajstić information content (AvgIpc) is 3.26. The lowest BCUT2D eigenvalue weighted by atomic mass is 10.2. The number of benzene rings is 1. The number of hydrogen-bond acceptors (Lipinski definition) is 6. The minimum Gasteiger partial charge on any atom is -0.461 e. The van der Waals surface area contributed by atoms with Crippen molar-refractivity contribution in [3.8, 4) is 0 Å². The van der Waals surface area contributed by atoms with Crippen LogP contribution in [0.25, 0.3) is 16.8 Å². The third-order valence-electron chi connectivity index (χ3n) is 4.11. The Bertz CT molecular complexity index is 1240. The van der Waals surface area contributed by atoms with E-state index in [0.717, 1.165) is 3.97 Å². The zero-order valence-corrected chi connectivity index (χ0v) is 15.3. The quantitative estimate of drug-likeness (QED) is 0.490. The number of esters is 1. The van der Waals surface area contributed by atoms with Crippen molar-refractivity contribution < 1.29 is 17.9 Å². The molecule has 0 radical (unpaired) electrons. The predicted octanol–water partition coefficient (Wildman–Crippen LogP) is 2.24. The van der Waals surface area contributed by atoms with E-state index >= 15 is 0 Å². The fourth-order valence-corrected chi connectivity index (χ4v) is 4.35. The standard InChI is InChI=1S/C18H16N4O4S/c1-2-26-18(23)15-10-19-16-11-20-17-14(22(15)16)8-9-21(17)27(24,25)12-13-6-4-3-5-7-13/h3-11H,2,12H2,1H3. The van der Waals surface area contributed by atoms with E-state index in [1.807, 2.05) is 6.07 Å². The Balaban J connectivity index is 1.85. The molecule has 0 saturated carbocycles. The minimum atomic E-state index is -3.69. The normalized spacial score (nSPS) is 11.9. The monoisotopic (exact) mass is 384 g/mol. The van der Waals surface area contributed by atoms with Crippen molar-refractivity contribution in [1.82, 2.24) is 18.3 Å². The maximum Gasteiger partial charge on any atom is 0.356 e. The molecule has 0 N–H and O–H groups in total. The molecule has 0 atom stereocenters. The zero-order chi connectivity index (χ0) is 19.0. The number of nitrogens with zero attached hydrogens (tertiary/aromatic N) is 4. The highest BCUT2D eigenvalue weighted by molar-refractivity contribution is 7.89. The van der Waals surface area contributed by atoms with E-state index in [1.54, 1.807) is 41.7 Å². The first-order chi connectivity index (χ1) is 13.0. The van der Waals surface area contributed by atoms with Gasteiger partial charge in [0, 0.05) is 6.20 Å². The van der Waals surface area contributed by atoms with Crippen molar-refractivity contribution >= 4 is 32.8 Å².